The van der Waals surface area contributed by atoms with Gasteiger partial charge in [-0.3, -0.25) is 0 Å². The maximum atomic E-state index is 3.81. The van der Waals surface area contributed by atoms with Crippen molar-refractivity contribution < 1.29 is 0 Å². The van der Waals surface area contributed by atoms with Crippen molar-refractivity contribution in [2.45, 2.75) is 34.1 Å². The highest BCUT2D eigenvalue weighted by Gasteiger charge is 1.98. The Morgan fingerprint density at radius 3 is 2.40 bits per heavy atom. The highest BCUT2D eigenvalue weighted by atomic mass is 31.0. The molecule has 0 aliphatic heterocycles. The van der Waals surface area contributed by atoms with Crippen LogP contribution in [0.3, 0.4) is 0 Å². The molecule has 0 heterocycles. The number of nitrogens with one attached hydrogen (secondary N) is 1. The lowest BCUT2D eigenvalue weighted by atomic mass is 10.1. The highest BCUT2D eigenvalue weighted by Crippen LogP contribution is 2.12. The van der Waals surface area contributed by atoms with Crippen molar-refractivity contribution in [3.05, 3.63) is 36.0 Å². The Kier molecular flexibility index (Phi) is 7.07. The van der Waals surface area contributed by atoms with Crippen molar-refractivity contribution in [1.29, 1.82) is 0 Å². The second-order valence-corrected chi connectivity index (χ2v) is 3.80. The first kappa shape index (κ1) is 14.2. The van der Waals surface area contributed by atoms with Crippen molar-refractivity contribution in [2.24, 2.45) is 0 Å². The summed E-state index contributed by atoms with van der Waals surface area (Å²) < 4.78 is 0. The van der Waals surface area contributed by atoms with Crippen LogP contribution in [0.2, 0.25) is 0 Å². The molecule has 0 saturated heterocycles. The molecule has 0 aromatic heterocycles. The monoisotopic (exact) mass is 223 g/mol. The van der Waals surface area contributed by atoms with E-state index in [0.29, 0.717) is 0 Å². The summed E-state index contributed by atoms with van der Waals surface area (Å²) in [5.74, 6) is 0. The number of rotatable bonds is 3. The van der Waals surface area contributed by atoms with Crippen LogP contribution in [-0.4, -0.2) is 0 Å². The third-order valence-electron chi connectivity index (χ3n) is 1.87. The summed E-state index contributed by atoms with van der Waals surface area (Å²) >= 11 is 0. The second-order valence-electron chi connectivity index (χ2n) is 3.18. The molecule has 84 valence electrons. The van der Waals surface area contributed by atoms with Crippen LogP contribution in [-0.2, 0) is 6.42 Å². The summed E-state index contributed by atoms with van der Waals surface area (Å²) in [4.78, 5) is 0. The Balaban J connectivity index is 0.000000921. The van der Waals surface area contributed by atoms with Crippen LogP contribution in [0.4, 0.5) is 5.69 Å². The molecule has 0 aliphatic carbocycles. The molecule has 15 heavy (non-hydrogen) atoms. The molecule has 1 rings (SSSR count). The van der Waals surface area contributed by atoms with Crippen LogP contribution in [0.1, 0.15) is 33.3 Å². The molecule has 1 aromatic carbocycles. The molecule has 0 radical (unpaired) electrons. The molecule has 2 heteroatoms. The summed E-state index contributed by atoms with van der Waals surface area (Å²) in [5.41, 5.74) is 3.44. The largest absolute Gasteiger partial charge is 0.359 e. The first-order valence-corrected chi connectivity index (χ1v) is 6.02. The minimum atomic E-state index is 0.966. The highest BCUT2D eigenvalue weighted by molar-refractivity contribution is 7.28. The number of hydrogen-bond acceptors (Lipinski definition) is 1. The summed E-state index contributed by atoms with van der Waals surface area (Å²) in [6.45, 7) is 11.9. The van der Waals surface area contributed by atoms with Gasteiger partial charge in [0, 0.05) is 11.4 Å². The van der Waals surface area contributed by atoms with Gasteiger partial charge in [0.2, 0.25) is 0 Å². The van der Waals surface area contributed by atoms with Crippen molar-refractivity contribution in [3.8, 4) is 0 Å². The van der Waals surface area contributed by atoms with Crippen molar-refractivity contribution in [2.75, 3.05) is 5.32 Å². The van der Waals surface area contributed by atoms with Gasteiger partial charge in [-0.15, -0.1) is 9.24 Å². The molecule has 1 N–H and O–H groups in total. The van der Waals surface area contributed by atoms with Gasteiger partial charge in [-0.2, -0.15) is 0 Å². The Morgan fingerprint density at radius 2 is 2.00 bits per heavy atom. The van der Waals surface area contributed by atoms with Gasteiger partial charge >= 0.3 is 0 Å². The zero-order valence-electron chi connectivity index (χ0n) is 10.2. The molecule has 0 fully saturated rings. The number of anilines is 1. The van der Waals surface area contributed by atoms with E-state index in [1.807, 2.05) is 20.8 Å². The Bertz CT molecular complexity index is 318. The minimum Gasteiger partial charge on any atom is -0.359 e. The first-order chi connectivity index (χ1) is 7.13. The van der Waals surface area contributed by atoms with E-state index >= 15 is 0 Å². The number of aryl methyl sites for hydroxylation is 1. The fraction of sp³-hybridized carbons (Fsp3) is 0.385. The predicted octanol–water partition coefficient (Wildman–Crippen LogP) is 3.72. The molecule has 1 aromatic rings. The van der Waals surface area contributed by atoms with Crippen molar-refractivity contribution >= 4 is 20.2 Å². The van der Waals surface area contributed by atoms with E-state index in [0.717, 1.165) is 17.8 Å². The van der Waals surface area contributed by atoms with Gasteiger partial charge in [0.05, 0.1) is 0 Å². The van der Waals surface area contributed by atoms with Crippen LogP contribution < -0.4 is 10.6 Å². The molecular formula is C13H22NP. The Labute approximate surface area is 96.2 Å². The van der Waals surface area contributed by atoms with E-state index in [4.69, 9.17) is 0 Å². The van der Waals surface area contributed by atoms with Crippen LogP contribution in [0.25, 0.3) is 0 Å². The van der Waals surface area contributed by atoms with Crippen molar-refractivity contribution in [3.63, 3.8) is 0 Å². The average Bonchev–Trinajstić information content (AvgIpc) is 2.23. The van der Waals surface area contributed by atoms with Crippen LogP contribution in [0, 0.1) is 0 Å². The summed E-state index contributed by atoms with van der Waals surface area (Å²) in [6.07, 6.45) is 1.08. The Hall–Kier alpha value is -0.810. The molecular weight excluding hydrogens is 201 g/mol. The van der Waals surface area contributed by atoms with Crippen LogP contribution in [0.5, 0.6) is 0 Å². The van der Waals surface area contributed by atoms with E-state index in [-0.39, 0.29) is 0 Å². The average molecular weight is 223 g/mol. The van der Waals surface area contributed by atoms with Gasteiger partial charge in [0.15, 0.2) is 0 Å². The summed E-state index contributed by atoms with van der Waals surface area (Å²) in [5, 5.41) is 4.41. The fourth-order valence-corrected chi connectivity index (χ4v) is 1.56. The number of benzene rings is 1. The van der Waals surface area contributed by atoms with E-state index in [9.17, 15) is 0 Å². The lowest BCUT2D eigenvalue weighted by Crippen LogP contribution is -2.04. The van der Waals surface area contributed by atoms with Gasteiger partial charge < -0.3 is 5.32 Å². The second kappa shape index (κ2) is 7.48. The maximum Gasteiger partial charge on any atom is 0.0454 e. The SMILES string of the molecule is C=C(C)Nc1ccc(CC)cc1P.CC. The molecule has 1 atom stereocenters. The normalized spacial score (nSPS) is 8.87. The predicted molar refractivity (Wildman–Crippen MR) is 74.9 cm³/mol. The third-order valence-corrected chi connectivity index (χ3v) is 2.35. The van der Waals surface area contributed by atoms with Gasteiger partial charge in [0.1, 0.15) is 0 Å². The van der Waals surface area contributed by atoms with Gasteiger partial charge in [-0.1, -0.05) is 33.4 Å². The molecule has 0 spiro atoms. The summed E-state index contributed by atoms with van der Waals surface area (Å²) in [6, 6.07) is 6.41. The topological polar surface area (TPSA) is 12.0 Å². The van der Waals surface area contributed by atoms with Crippen molar-refractivity contribution in [1.82, 2.24) is 0 Å². The quantitative estimate of drug-likeness (QED) is 0.770. The summed E-state index contributed by atoms with van der Waals surface area (Å²) in [7, 11) is 2.74. The minimum absolute atomic E-state index is 0.966. The molecule has 0 bridgehead atoms. The zero-order valence-corrected chi connectivity index (χ0v) is 11.4. The third kappa shape index (κ3) is 4.99. The number of hydrogen-bond donors (Lipinski definition) is 1. The zero-order chi connectivity index (χ0) is 11.8. The van der Waals surface area contributed by atoms with Crippen LogP contribution in [0.15, 0.2) is 30.5 Å². The number of allylic oxidation sites excluding steroid dienone is 1. The lowest BCUT2D eigenvalue weighted by molar-refractivity contribution is 1.14. The van der Waals surface area contributed by atoms with Crippen LogP contribution >= 0.6 is 9.24 Å². The lowest BCUT2D eigenvalue weighted by Gasteiger charge is -2.09. The van der Waals surface area contributed by atoms with Gasteiger partial charge in [0.25, 0.3) is 0 Å². The Morgan fingerprint density at radius 1 is 1.40 bits per heavy atom. The smallest absolute Gasteiger partial charge is 0.0454 e. The van der Waals surface area contributed by atoms with E-state index in [2.05, 4.69) is 46.3 Å². The fourth-order valence-electron chi connectivity index (χ4n) is 1.18. The van der Waals surface area contributed by atoms with E-state index in [1.165, 1.54) is 10.9 Å². The van der Waals surface area contributed by atoms with E-state index in [1.54, 1.807) is 0 Å². The molecule has 0 saturated carbocycles. The molecule has 1 nitrogen and oxygen atoms in total. The molecule has 0 amide bonds. The van der Waals surface area contributed by atoms with E-state index < -0.39 is 0 Å². The molecule has 1 unspecified atom stereocenters. The van der Waals surface area contributed by atoms with Gasteiger partial charge in [-0.05, 0) is 36.3 Å². The maximum absolute atomic E-state index is 3.81. The van der Waals surface area contributed by atoms with Gasteiger partial charge in [-0.25, -0.2) is 0 Å². The standard InChI is InChI=1S/C11H16NP.C2H6/c1-4-9-5-6-10(11(13)7-9)12-8(2)3;1-2/h5-7,12H,2,4,13H2,1,3H3;1-2H3. The first-order valence-electron chi connectivity index (χ1n) is 5.44. The molecule has 0 aliphatic rings.